The van der Waals surface area contributed by atoms with Gasteiger partial charge in [-0.2, -0.15) is 5.10 Å². The van der Waals surface area contributed by atoms with Gasteiger partial charge in [-0.1, -0.05) is 0 Å². The van der Waals surface area contributed by atoms with Crippen LogP contribution in [0.4, 0.5) is 5.82 Å². The molecule has 0 bridgehead atoms. The van der Waals surface area contributed by atoms with Crippen LogP contribution >= 0.6 is 0 Å². The van der Waals surface area contributed by atoms with Gasteiger partial charge in [-0.15, -0.1) is 0 Å². The molecule has 1 fully saturated rings. The fourth-order valence-electron chi connectivity index (χ4n) is 3.33. The fraction of sp³-hybridized carbons (Fsp3) is 0.353. The largest absolute Gasteiger partial charge is 0.355 e. The van der Waals surface area contributed by atoms with Gasteiger partial charge in [0.25, 0.3) is 0 Å². The molecule has 1 aliphatic rings. The zero-order valence-electron chi connectivity index (χ0n) is 12.7. The lowest BCUT2D eigenvalue weighted by Gasteiger charge is -2.33. The summed E-state index contributed by atoms with van der Waals surface area (Å²) in [5.41, 5.74) is 3.53. The molecule has 22 heavy (non-hydrogen) atoms. The van der Waals surface area contributed by atoms with Crippen molar-refractivity contribution in [2.24, 2.45) is 0 Å². The lowest BCUT2D eigenvalue weighted by atomic mass is 9.90. The van der Waals surface area contributed by atoms with Gasteiger partial charge in [0.15, 0.2) is 5.82 Å². The van der Waals surface area contributed by atoms with Crippen LogP contribution in [0.1, 0.15) is 30.0 Å². The van der Waals surface area contributed by atoms with E-state index in [-0.39, 0.29) is 0 Å². The number of aryl methyl sites for hydroxylation is 1. The fourth-order valence-corrected chi connectivity index (χ4v) is 3.33. The predicted octanol–water partition coefficient (Wildman–Crippen LogP) is 2.82. The van der Waals surface area contributed by atoms with Crippen molar-refractivity contribution in [3.63, 3.8) is 0 Å². The van der Waals surface area contributed by atoms with Gasteiger partial charge in [0.05, 0.1) is 5.69 Å². The molecule has 0 unspecified atom stereocenters. The molecule has 5 nitrogen and oxygen atoms in total. The first-order valence-electron chi connectivity index (χ1n) is 7.77. The van der Waals surface area contributed by atoms with Crippen LogP contribution in [-0.2, 0) is 0 Å². The summed E-state index contributed by atoms with van der Waals surface area (Å²) in [5.74, 6) is 1.68. The van der Waals surface area contributed by atoms with Crippen molar-refractivity contribution < 1.29 is 0 Å². The van der Waals surface area contributed by atoms with Crippen LogP contribution in [0.15, 0.2) is 43.0 Å². The molecule has 4 rings (SSSR count). The molecule has 1 saturated heterocycles. The summed E-state index contributed by atoms with van der Waals surface area (Å²) < 4.78 is 1.92. The quantitative estimate of drug-likeness (QED) is 0.729. The Morgan fingerprint density at radius 2 is 1.86 bits per heavy atom. The van der Waals surface area contributed by atoms with Crippen molar-refractivity contribution in [1.29, 1.82) is 0 Å². The van der Waals surface area contributed by atoms with Crippen molar-refractivity contribution >= 4 is 11.3 Å². The van der Waals surface area contributed by atoms with Crippen LogP contribution in [0.25, 0.3) is 5.52 Å². The lowest BCUT2D eigenvalue weighted by Crippen LogP contribution is -2.33. The Morgan fingerprint density at radius 1 is 1.09 bits per heavy atom. The van der Waals surface area contributed by atoms with Crippen molar-refractivity contribution in [3.05, 3.63) is 54.2 Å². The topological polar surface area (TPSA) is 46.3 Å². The molecule has 0 amide bonds. The Bertz CT molecular complexity index is 772. The number of fused-ring (bicyclic) bond motifs is 1. The molecule has 0 saturated carbocycles. The first-order chi connectivity index (χ1) is 10.8. The maximum atomic E-state index is 4.60. The minimum absolute atomic E-state index is 0.630. The van der Waals surface area contributed by atoms with Gasteiger partial charge in [-0.3, -0.25) is 4.98 Å². The molecule has 3 aromatic rings. The van der Waals surface area contributed by atoms with E-state index in [2.05, 4.69) is 38.2 Å². The van der Waals surface area contributed by atoms with Gasteiger partial charge in [-0.05, 0) is 49.4 Å². The standard InChI is InChI=1S/C17H19N5/c1-13-12-16-17(19-8-11-22(16)20-13)21-9-4-15(5-10-21)14-2-6-18-7-3-14/h2-3,6-8,11-12,15H,4-5,9-10H2,1H3. The monoisotopic (exact) mass is 293 g/mol. The Labute approximate surface area is 129 Å². The van der Waals surface area contributed by atoms with Gasteiger partial charge in [0.1, 0.15) is 5.52 Å². The summed E-state index contributed by atoms with van der Waals surface area (Å²) >= 11 is 0. The Balaban J connectivity index is 1.56. The van der Waals surface area contributed by atoms with Crippen molar-refractivity contribution in [2.75, 3.05) is 18.0 Å². The van der Waals surface area contributed by atoms with Crippen LogP contribution in [0.5, 0.6) is 0 Å². The molecule has 4 heterocycles. The highest BCUT2D eigenvalue weighted by Gasteiger charge is 2.23. The average molecular weight is 293 g/mol. The number of rotatable bonds is 2. The molecule has 3 aromatic heterocycles. The second-order valence-electron chi connectivity index (χ2n) is 5.91. The second kappa shape index (κ2) is 5.40. The second-order valence-corrected chi connectivity index (χ2v) is 5.91. The first kappa shape index (κ1) is 13.2. The van der Waals surface area contributed by atoms with Gasteiger partial charge in [-0.25, -0.2) is 9.50 Å². The highest BCUT2D eigenvalue weighted by atomic mass is 15.3. The van der Waals surface area contributed by atoms with Crippen LogP contribution in [0, 0.1) is 6.92 Å². The summed E-state index contributed by atoms with van der Waals surface area (Å²) in [6.07, 6.45) is 9.83. The lowest BCUT2D eigenvalue weighted by molar-refractivity contribution is 0.503. The van der Waals surface area contributed by atoms with Gasteiger partial charge >= 0.3 is 0 Å². The van der Waals surface area contributed by atoms with Crippen molar-refractivity contribution in [3.8, 4) is 0 Å². The van der Waals surface area contributed by atoms with E-state index in [1.165, 1.54) is 5.56 Å². The molecule has 112 valence electrons. The molecule has 5 heteroatoms. The van der Waals surface area contributed by atoms with Gasteiger partial charge < -0.3 is 4.90 Å². The number of hydrogen-bond acceptors (Lipinski definition) is 4. The number of pyridine rings is 1. The highest BCUT2D eigenvalue weighted by Crippen LogP contribution is 2.30. The molecule has 0 aliphatic carbocycles. The minimum Gasteiger partial charge on any atom is -0.355 e. The molecule has 1 aliphatic heterocycles. The van der Waals surface area contributed by atoms with Crippen molar-refractivity contribution in [2.45, 2.75) is 25.7 Å². The maximum absolute atomic E-state index is 4.60. The van der Waals surface area contributed by atoms with Crippen LogP contribution in [0.2, 0.25) is 0 Å². The van der Waals surface area contributed by atoms with Gasteiger partial charge in [0.2, 0.25) is 0 Å². The van der Waals surface area contributed by atoms with Crippen LogP contribution in [-0.4, -0.2) is 32.7 Å². The van der Waals surface area contributed by atoms with E-state index >= 15 is 0 Å². The number of hydrogen-bond donors (Lipinski definition) is 0. The first-order valence-corrected chi connectivity index (χ1v) is 7.77. The third kappa shape index (κ3) is 2.32. The zero-order chi connectivity index (χ0) is 14.9. The predicted molar refractivity (Wildman–Crippen MR) is 86.1 cm³/mol. The Morgan fingerprint density at radius 3 is 2.64 bits per heavy atom. The summed E-state index contributed by atoms with van der Waals surface area (Å²) in [6, 6.07) is 6.39. The third-order valence-corrected chi connectivity index (χ3v) is 4.46. The Kier molecular flexibility index (Phi) is 3.25. The highest BCUT2D eigenvalue weighted by molar-refractivity contribution is 5.69. The third-order valence-electron chi connectivity index (χ3n) is 4.46. The normalized spacial score (nSPS) is 16.3. The van der Waals surface area contributed by atoms with E-state index in [1.54, 1.807) is 0 Å². The molecule has 0 atom stereocenters. The molecule has 0 radical (unpaired) electrons. The summed E-state index contributed by atoms with van der Waals surface area (Å²) in [5, 5.41) is 4.47. The summed E-state index contributed by atoms with van der Waals surface area (Å²) in [6.45, 7) is 4.08. The number of piperidine rings is 1. The summed E-state index contributed by atoms with van der Waals surface area (Å²) in [4.78, 5) is 11.1. The van der Waals surface area contributed by atoms with E-state index in [1.807, 2.05) is 36.2 Å². The van der Waals surface area contributed by atoms with E-state index < -0.39 is 0 Å². The number of anilines is 1. The molecular weight excluding hydrogens is 274 g/mol. The summed E-state index contributed by atoms with van der Waals surface area (Å²) in [7, 11) is 0. The van der Waals surface area contributed by atoms with Crippen LogP contribution < -0.4 is 4.90 Å². The number of aromatic nitrogens is 4. The van der Waals surface area contributed by atoms with Crippen molar-refractivity contribution in [1.82, 2.24) is 19.6 Å². The Hall–Kier alpha value is -2.43. The van der Waals surface area contributed by atoms with Crippen LogP contribution in [0.3, 0.4) is 0 Å². The maximum Gasteiger partial charge on any atom is 0.154 e. The average Bonchev–Trinajstić information content (AvgIpc) is 2.96. The van der Waals surface area contributed by atoms with Gasteiger partial charge in [0, 0.05) is 37.9 Å². The molecule has 0 aromatic carbocycles. The molecule has 0 spiro atoms. The van der Waals surface area contributed by atoms with E-state index in [0.717, 1.165) is 43.0 Å². The minimum atomic E-state index is 0.630. The van der Waals surface area contributed by atoms with E-state index in [4.69, 9.17) is 0 Å². The zero-order valence-corrected chi connectivity index (χ0v) is 12.7. The molecule has 0 N–H and O–H groups in total. The number of nitrogens with zero attached hydrogens (tertiary/aromatic N) is 5. The molecular formula is C17H19N5. The van der Waals surface area contributed by atoms with E-state index in [0.29, 0.717) is 5.92 Å². The smallest absolute Gasteiger partial charge is 0.154 e. The SMILES string of the molecule is Cc1cc2c(N3CCC(c4ccncc4)CC3)nccn2n1. The van der Waals surface area contributed by atoms with E-state index in [9.17, 15) is 0 Å².